The summed E-state index contributed by atoms with van der Waals surface area (Å²) in [5, 5.41) is 7.32. The van der Waals surface area contributed by atoms with Crippen LogP contribution in [0.3, 0.4) is 0 Å². The van der Waals surface area contributed by atoms with Gasteiger partial charge in [0, 0.05) is 13.3 Å². The zero-order valence-electron chi connectivity index (χ0n) is 9.86. The summed E-state index contributed by atoms with van der Waals surface area (Å²) >= 11 is 0. The average molecular weight is 218 g/mol. The van der Waals surface area contributed by atoms with Gasteiger partial charge in [-0.25, -0.2) is 0 Å². The van der Waals surface area contributed by atoms with E-state index in [0.29, 0.717) is 6.42 Å². The maximum absolute atomic E-state index is 10.5. The van der Waals surface area contributed by atoms with Gasteiger partial charge in [-0.05, 0) is 25.3 Å². The molecule has 0 heterocycles. The first kappa shape index (κ1) is 14.2. The minimum absolute atomic E-state index is 0.216. The van der Waals surface area contributed by atoms with Crippen LogP contribution in [-0.2, 0) is 11.2 Å². The molecule has 3 nitrogen and oxygen atoms in total. The van der Waals surface area contributed by atoms with Crippen molar-refractivity contribution in [3.05, 3.63) is 35.4 Å². The fourth-order valence-electron chi connectivity index (χ4n) is 1.22. The monoisotopic (exact) mass is 218 g/mol. The number of benzene rings is 1. The van der Waals surface area contributed by atoms with Gasteiger partial charge in [0.2, 0.25) is 5.91 Å². The van der Waals surface area contributed by atoms with Crippen molar-refractivity contribution in [2.24, 2.45) is 5.73 Å². The van der Waals surface area contributed by atoms with E-state index in [2.05, 4.69) is 31.2 Å². The molecule has 0 unspecified atom stereocenters. The van der Waals surface area contributed by atoms with Gasteiger partial charge in [0.1, 0.15) is 0 Å². The quantitative estimate of drug-likeness (QED) is 0.842. The van der Waals surface area contributed by atoms with Crippen molar-refractivity contribution in [3.63, 3.8) is 0 Å². The van der Waals surface area contributed by atoms with Crippen molar-refractivity contribution >= 4 is 5.91 Å². The second-order valence-corrected chi connectivity index (χ2v) is 3.53. The van der Waals surface area contributed by atoms with Crippen molar-refractivity contribution in [3.8, 4) is 6.07 Å². The van der Waals surface area contributed by atoms with Crippen LogP contribution in [0.15, 0.2) is 24.3 Å². The van der Waals surface area contributed by atoms with Crippen molar-refractivity contribution in [2.75, 3.05) is 0 Å². The third-order valence-corrected chi connectivity index (χ3v) is 2.01. The van der Waals surface area contributed by atoms with E-state index in [1.54, 1.807) is 6.07 Å². The highest BCUT2D eigenvalue weighted by molar-refractivity contribution is 5.73. The number of hydrogen-bond acceptors (Lipinski definition) is 2. The van der Waals surface area contributed by atoms with Crippen LogP contribution >= 0.6 is 0 Å². The molecule has 0 fully saturated rings. The van der Waals surface area contributed by atoms with Crippen LogP contribution in [0.25, 0.3) is 0 Å². The van der Waals surface area contributed by atoms with Crippen LogP contribution in [0.2, 0.25) is 0 Å². The van der Waals surface area contributed by atoms with Gasteiger partial charge < -0.3 is 5.73 Å². The molecule has 0 saturated carbocycles. The number of nitriles is 1. The Morgan fingerprint density at radius 1 is 1.38 bits per heavy atom. The van der Waals surface area contributed by atoms with Crippen molar-refractivity contribution in [2.45, 2.75) is 33.1 Å². The van der Waals surface area contributed by atoms with Gasteiger partial charge in [-0.15, -0.1) is 0 Å². The summed E-state index contributed by atoms with van der Waals surface area (Å²) < 4.78 is 0. The van der Waals surface area contributed by atoms with E-state index in [0.717, 1.165) is 12.8 Å². The molecule has 0 atom stereocenters. The predicted octanol–water partition coefficient (Wildman–Crippen LogP) is 2.33. The Bertz CT molecular complexity index is 349. The van der Waals surface area contributed by atoms with Crippen LogP contribution < -0.4 is 5.73 Å². The summed E-state index contributed by atoms with van der Waals surface area (Å²) in [4.78, 5) is 10.5. The standard InChI is InChI=1S/C11H15NO.C2H3N/c1-9-5-7-10(8-6-9)3-2-4-11(12)13;1-2-3/h5-8H,2-4H2,1H3,(H2,12,13);1H3. The topological polar surface area (TPSA) is 66.9 Å². The highest BCUT2D eigenvalue weighted by atomic mass is 16.1. The summed E-state index contributed by atoms with van der Waals surface area (Å²) in [6.07, 6.45) is 2.26. The highest BCUT2D eigenvalue weighted by Gasteiger charge is 1.96. The molecule has 0 aliphatic heterocycles. The summed E-state index contributed by atoms with van der Waals surface area (Å²) in [6, 6.07) is 10.1. The van der Waals surface area contributed by atoms with E-state index in [-0.39, 0.29) is 5.91 Å². The third kappa shape index (κ3) is 7.57. The Hall–Kier alpha value is -1.82. The molecule has 0 aliphatic rings. The van der Waals surface area contributed by atoms with Gasteiger partial charge in [0.25, 0.3) is 0 Å². The normalized spacial score (nSPS) is 8.56. The Balaban J connectivity index is 0.000000673. The largest absolute Gasteiger partial charge is 0.370 e. The second-order valence-electron chi connectivity index (χ2n) is 3.53. The number of hydrogen-bond donors (Lipinski definition) is 1. The second kappa shape index (κ2) is 8.49. The lowest BCUT2D eigenvalue weighted by Crippen LogP contribution is -2.10. The summed E-state index contributed by atoms with van der Waals surface area (Å²) in [5.41, 5.74) is 7.57. The lowest BCUT2D eigenvalue weighted by Gasteiger charge is -2.00. The first-order valence-electron chi connectivity index (χ1n) is 5.24. The number of carbonyl (C=O) groups excluding carboxylic acids is 1. The van der Waals surface area contributed by atoms with E-state index in [9.17, 15) is 4.79 Å². The molecule has 2 N–H and O–H groups in total. The molecular weight excluding hydrogens is 200 g/mol. The fraction of sp³-hybridized carbons (Fsp3) is 0.385. The van der Waals surface area contributed by atoms with Crippen LogP contribution in [0.1, 0.15) is 30.9 Å². The van der Waals surface area contributed by atoms with Crippen LogP contribution in [0, 0.1) is 18.3 Å². The molecular formula is C13H18N2O. The first-order valence-corrected chi connectivity index (χ1v) is 5.24. The highest BCUT2D eigenvalue weighted by Crippen LogP contribution is 2.06. The van der Waals surface area contributed by atoms with Crippen LogP contribution in [-0.4, -0.2) is 5.91 Å². The lowest BCUT2D eigenvalue weighted by atomic mass is 10.1. The number of rotatable bonds is 4. The predicted molar refractivity (Wildman–Crippen MR) is 64.6 cm³/mol. The maximum atomic E-state index is 10.5. The van der Waals surface area contributed by atoms with E-state index in [1.165, 1.54) is 18.1 Å². The van der Waals surface area contributed by atoms with E-state index >= 15 is 0 Å². The van der Waals surface area contributed by atoms with E-state index in [1.807, 2.05) is 0 Å². The van der Waals surface area contributed by atoms with E-state index < -0.39 is 0 Å². The molecule has 1 amide bonds. The third-order valence-electron chi connectivity index (χ3n) is 2.01. The number of amides is 1. The maximum Gasteiger partial charge on any atom is 0.217 e. The number of nitrogens with two attached hydrogens (primary N) is 1. The molecule has 3 heteroatoms. The fourth-order valence-corrected chi connectivity index (χ4v) is 1.22. The molecule has 1 rings (SSSR count). The number of nitrogens with zero attached hydrogens (tertiary/aromatic N) is 1. The smallest absolute Gasteiger partial charge is 0.217 e. The molecule has 0 saturated heterocycles. The van der Waals surface area contributed by atoms with Crippen LogP contribution in [0.5, 0.6) is 0 Å². The van der Waals surface area contributed by atoms with Crippen molar-refractivity contribution < 1.29 is 4.79 Å². The first-order chi connectivity index (χ1) is 7.60. The molecule has 1 aromatic rings. The molecule has 0 bridgehead atoms. The lowest BCUT2D eigenvalue weighted by molar-refractivity contribution is -0.118. The van der Waals surface area contributed by atoms with E-state index in [4.69, 9.17) is 11.0 Å². The number of primary amides is 1. The zero-order chi connectivity index (χ0) is 12.4. The summed E-state index contributed by atoms with van der Waals surface area (Å²) in [7, 11) is 0. The number of carbonyl (C=O) groups is 1. The van der Waals surface area contributed by atoms with Gasteiger partial charge in [0.15, 0.2) is 0 Å². The van der Waals surface area contributed by atoms with Gasteiger partial charge in [-0.1, -0.05) is 29.8 Å². The SMILES string of the molecule is CC#N.Cc1ccc(CCCC(N)=O)cc1. The van der Waals surface area contributed by atoms with Crippen molar-refractivity contribution in [1.82, 2.24) is 0 Å². The Morgan fingerprint density at radius 3 is 2.31 bits per heavy atom. The molecule has 86 valence electrons. The summed E-state index contributed by atoms with van der Waals surface area (Å²) in [6.45, 7) is 3.49. The molecule has 0 aliphatic carbocycles. The average Bonchev–Trinajstić information content (AvgIpc) is 2.22. The Morgan fingerprint density at radius 2 is 1.88 bits per heavy atom. The zero-order valence-corrected chi connectivity index (χ0v) is 9.86. The molecule has 1 aromatic carbocycles. The van der Waals surface area contributed by atoms with Gasteiger partial charge >= 0.3 is 0 Å². The number of aryl methyl sites for hydroxylation is 2. The summed E-state index contributed by atoms with van der Waals surface area (Å²) in [5.74, 6) is -0.216. The Labute approximate surface area is 96.9 Å². The molecule has 0 aromatic heterocycles. The minimum atomic E-state index is -0.216. The van der Waals surface area contributed by atoms with Crippen molar-refractivity contribution in [1.29, 1.82) is 5.26 Å². The minimum Gasteiger partial charge on any atom is -0.370 e. The van der Waals surface area contributed by atoms with Gasteiger partial charge in [-0.2, -0.15) is 5.26 Å². The molecule has 16 heavy (non-hydrogen) atoms. The molecule has 0 radical (unpaired) electrons. The van der Waals surface area contributed by atoms with Gasteiger partial charge in [0.05, 0.1) is 6.07 Å². The van der Waals surface area contributed by atoms with Crippen LogP contribution in [0.4, 0.5) is 0 Å². The molecule has 0 spiro atoms. The Kier molecular flexibility index (Phi) is 7.52. The van der Waals surface area contributed by atoms with Gasteiger partial charge in [-0.3, -0.25) is 4.79 Å².